The van der Waals surface area contributed by atoms with Crippen LogP contribution in [0.4, 0.5) is 0 Å². The van der Waals surface area contributed by atoms with Crippen molar-refractivity contribution < 1.29 is 9.90 Å². The van der Waals surface area contributed by atoms with Crippen LogP contribution in [0.15, 0.2) is 24.3 Å². The molecule has 1 amide bonds. The van der Waals surface area contributed by atoms with Crippen molar-refractivity contribution >= 4 is 5.91 Å². The predicted molar refractivity (Wildman–Crippen MR) is 78.3 cm³/mol. The van der Waals surface area contributed by atoms with Gasteiger partial charge in [-0.3, -0.25) is 4.79 Å². The highest BCUT2D eigenvalue weighted by molar-refractivity contribution is 5.95. The van der Waals surface area contributed by atoms with E-state index in [2.05, 4.69) is 26.1 Å². The number of aliphatic hydroxyl groups excluding tert-OH is 1. The van der Waals surface area contributed by atoms with Gasteiger partial charge < -0.3 is 10.4 Å². The predicted octanol–water partition coefficient (Wildman–Crippen LogP) is 2.78. The molecule has 106 valence electrons. The fraction of sp³-hybridized carbons (Fsp3) is 0.562. The van der Waals surface area contributed by atoms with Gasteiger partial charge in [0.25, 0.3) is 5.91 Å². The van der Waals surface area contributed by atoms with Crippen LogP contribution in [0, 0.1) is 5.41 Å². The summed E-state index contributed by atoms with van der Waals surface area (Å²) in [6, 6.07) is 7.71. The summed E-state index contributed by atoms with van der Waals surface area (Å²) < 4.78 is 0. The first-order valence-electron chi connectivity index (χ1n) is 6.97. The highest BCUT2D eigenvalue weighted by atomic mass is 16.2. The van der Waals surface area contributed by atoms with Gasteiger partial charge in [-0.05, 0) is 36.3 Å². The molecule has 3 heteroatoms. The van der Waals surface area contributed by atoms with E-state index in [0.717, 1.165) is 30.4 Å². The summed E-state index contributed by atoms with van der Waals surface area (Å²) in [6.45, 7) is 7.10. The number of benzene rings is 1. The molecule has 0 bridgehead atoms. The van der Waals surface area contributed by atoms with Gasteiger partial charge in [-0.25, -0.2) is 0 Å². The van der Waals surface area contributed by atoms with Crippen molar-refractivity contribution in [2.24, 2.45) is 5.41 Å². The Morgan fingerprint density at radius 3 is 2.63 bits per heavy atom. The molecule has 0 saturated heterocycles. The molecule has 0 heterocycles. The van der Waals surface area contributed by atoms with E-state index in [1.54, 1.807) is 0 Å². The van der Waals surface area contributed by atoms with Crippen molar-refractivity contribution in [3.8, 4) is 0 Å². The van der Waals surface area contributed by atoms with E-state index < -0.39 is 0 Å². The van der Waals surface area contributed by atoms with Crippen LogP contribution < -0.4 is 5.32 Å². The summed E-state index contributed by atoms with van der Waals surface area (Å²) in [4.78, 5) is 12.2. The molecule has 0 aliphatic heterocycles. The van der Waals surface area contributed by atoms with Crippen LogP contribution in [-0.2, 0) is 6.42 Å². The molecule has 0 aromatic heterocycles. The summed E-state index contributed by atoms with van der Waals surface area (Å²) in [7, 11) is 0. The maximum atomic E-state index is 12.2. The molecule has 0 atom stereocenters. The first-order chi connectivity index (χ1) is 9.00. The van der Waals surface area contributed by atoms with Gasteiger partial charge in [0.1, 0.15) is 0 Å². The minimum absolute atomic E-state index is 0.00507. The third-order valence-corrected chi connectivity index (χ3v) is 3.38. The minimum Gasteiger partial charge on any atom is -0.396 e. The molecule has 2 N–H and O–H groups in total. The number of nitrogens with one attached hydrogen (secondary N) is 1. The molecule has 0 fully saturated rings. The summed E-state index contributed by atoms with van der Waals surface area (Å²) in [5.74, 6) is -0.00507. The van der Waals surface area contributed by atoms with E-state index in [-0.39, 0.29) is 17.9 Å². The third-order valence-electron chi connectivity index (χ3n) is 3.38. The highest BCUT2D eigenvalue weighted by Gasteiger charge is 2.19. The molecule has 3 nitrogen and oxygen atoms in total. The Labute approximate surface area is 116 Å². The molecule has 0 unspecified atom stereocenters. The number of hydrogen-bond donors (Lipinski definition) is 2. The Bertz CT molecular complexity index is 413. The lowest BCUT2D eigenvalue weighted by Crippen LogP contribution is -2.34. The van der Waals surface area contributed by atoms with Gasteiger partial charge in [-0.1, -0.05) is 39.0 Å². The second kappa shape index (κ2) is 7.29. The Kier molecular flexibility index (Phi) is 6.03. The average molecular weight is 263 g/mol. The number of carbonyl (C=O) groups is 1. The van der Waals surface area contributed by atoms with Gasteiger partial charge in [-0.2, -0.15) is 0 Å². The van der Waals surface area contributed by atoms with Gasteiger partial charge in [0, 0.05) is 18.7 Å². The fourth-order valence-corrected chi connectivity index (χ4v) is 2.11. The van der Waals surface area contributed by atoms with Gasteiger partial charge in [0.2, 0.25) is 0 Å². The topological polar surface area (TPSA) is 49.3 Å². The largest absolute Gasteiger partial charge is 0.396 e. The smallest absolute Gasteiger partial charge is 0.251 e. The molecular formula is C16H25NO2. The molecule has 1 aromatic carbocycles. The highest BCUT2D eigenvalue weighted by Crippen LogP contribution is 2.21. The van der Waals surface area contributed by atoms with E-state index in [0.29, 0.717) is 6.54 Å². The standard InChI is InChI=1S/C16H25NO2/c1-4-13-8-5-6-9-14(13)15(19)17-12-16(2,3)10-7-11-18/h5-6,8-9,18H,4,7,10-12H2,1-3H3,(H,17,19). The Morgan fingerprint density at radius 1 is 1.32 bits per heavy atom. The quantitative estimate of drug-likeness (QED) is 0.794. The van der Waals surface area contributed by atoms with E-state index in [9.17, 15) is 4.79 Å². The van der Waals surface area contributed by atoms with Crippen LogP contribution in [0.3, 0.4) is 0 Å². The number of rotatable bonds is 7. The van der Waals surface area contributed by atoms with Crippen molar-refractivity contribution in [3.63, 3.8) is 0 Å². The average Bonchev–Trinajstić information content (AvgIpc) is 2.42. The van der Waals surface area contributed by atoms with Gasteiger partial charge in [-0.15, -0.1) is 0 Å². The van der Waals surface area contributed by atoms with Crippen molar-refractivity contribution in [2.45, 2.75) is 40.0 Å². The number of amides is 1. The number of hydrogen-bond acceptors (Lipinski definition) is 2. The Morgan fingerprint density at radius 2 is 2.00 bits per heavy atom. The molecule has 1 rings (SSSR count). The lowest BCUT2D eigenvalue weighted by molar-refractivity contribution is 0.0932. The first-order valence-corrected chi connectivity index (χ1v) is 6.97. The minimum atomic E-state index is -0.00507. The van der Waals surface area contributed by atoms with E-state index >= 15 is 0 Å². The number of aliphatic hydroxyl groups is 1. The van der Waals surface area contributed by atoms with E-state index in [1.165, 1.54) is 0 Å². The second-order valence-corrected chi connectivity index (χ2v) is 5.68. The van der Waals surface area contributed by atoms with Crippen LogP contribution in [0.25, 0.3) is 0 Å². The molecule has 0 spiro atoms. The summed E-state index contributed by atoms with van der Waals surface area (Å²) in [5.41, 5.74) is 1.86. The van der Waals surface area contributed by atoms with Crippen LogP contribution in [-0.4, -0.2) is 24.2 Å². The van der Waals surface area contributed by atoms with E-state index in [4.69, 9.17) is 5.11 Å². The lowest BCUT2D eigenvalue weighted by atomic mass is 9.88. The molecule has 1 aromatic rings. The van der Waals surface area contributed by atoms with Crippen LogP contribution in [0.5, 0.6) is 0 Å². The molecule has 0 radical (unpaired) electrons. The van der Waals surface area contributed by atoms with Crippen molar-refractivity contribution in [2.75, 3.05) is 13.2 Å². The molecule has 0 saturated carbocycles. The normalized spacial score (nSPS) is 11.4. The van der Waals surface area contributed by atoms with Gasteiger partial charge >= 0.3 is 0 Å². The Hall–Kier alpha value is -1.35. The van der Waals surface area contributed by atoms with Crippen molar-refractivity contribution in [1.82, 2.24) is 5.32 Å². The zero-order valence-electron chi connectivity index (χ0n) is 12.2. The third kappa shape index (κ3) is 5.03. The molecule has 19 heavy (non-hydrogen) atoms. The molecule has 0 aliphatic rings. The summed E-state index contributed by atoms with van der Waals surface area (Å²) >= 11 is 0. The summed E-state index contributed by atoms with van der Waals surface area (Å²) in [6.07, 6.45) is 2.53. The zero-order valence-corrected chi connectivity index (χ0v) is 12.2. The van der Waals surface area contributed by atoms with Crippen molar-refractivity contribution in [1.29, 1.82) is 0 Å². The Balaban J connectivity index is 2.60. The maximum absolute atomic E-state index is 12.2. The monoisotopic (exact) mass is 263 g/mol. The molecule has 0 aliphatic carbocycles. The molecular weight excluding hydrogens is 238 g/mol. The van der Waals surface area contributed by atoms with Crippen LogP contribution in [0.1, 0.15) is 49.5 Å². The SMILES string of the molecule is CCc1ccccc1C(=O)NCC(C)(C)CCCO. The fourth-order valence-electron chi connectivity index (χ4n) is 2.11. The van der Waals surface area contributed by atoms with Crippen LogP contribution >= 0.6 is 0 Å². The lowest BCUT2D eigenvalue weighted by Gasteiger charge is -2.24. The van der Waals surface area contributed by atoms with Crippen LogP contribution in [0.2, 0.25) is 0 Å². The maximum Gasteiger partial charge on any atom is 0.251 e. The van der Waals surface area contributed by atoms with Gasteiger partial charge in [0.15, 0.2) is 0 Å². The number of aryl methyl sites for hydroxylation is 1. The van der Waals surface area contributed by atoms with Gasteiger partial charge in [0.05, 0.1) is 0 Å². The summed E-state index contributed by atoms with van der Waals surface area (Å²) in [5, 5.41) is 11.9. The number of carbonyl (C=O) groups excluding carboxylic acids is 1. The second-order valence-electron chi connectivity index (χ2n) is 5.68. The van der Waals surface area contributed by atoms with Crippen molar-refractivity contribution in [3.05, 3.63) is 35.4 Å². The first kappa shape index (κ1) is 15.7. The van der Waals surface area contributed by atoms with E-state index in [1.807, 2.05) is 24.3 Å². The zero-order chi connectivity index (χ0) is 14.3.